The third-order valence-corrected chi connectivity index (χ3v) is 2.67. The number of hydrogen-bond donors (Lipinski definition) is 4. The van der Waals surface area contributed by atoms with Crippen molar-refractivity contribution in [3.05, 3.63) is 24.5 Å². The number of carbonyl (C=O) groups is 1. The van der Waals surface area contributed by atoms with E-state index in [0.29, 0.717) is 26.1 Å². The third kappa shape index (κ3) is 10.9. The first-order valence-corrected chi connectivity index (χ1v) is 7.50. The zero-order valence-electron chi connectivity index (χ0n) is 13.9. The summed E-state index contributed by atoms with van der Waals surface area (Å²) in [6, 6.07) is 3.79. The molecule has 0 aromatic carbocycles. The van der Waals surface area contributed by atoms with Crippen molar-refractivity contribution in [3.8, 4) is 5.75 Å². The molecule has 0 bridgehead atoms. The van der Waals surface area contributed by atoms with E-state index in [1.807, 2.05) is 24.5 Å². The molecule has 1 amide bonds. The quantitative estimate of drug-likeness (QED) is 0.203. The van der Waals surface area contributed by atoms with E-state index in [1.54, 1.807) is 0 Å². The molecule has 1 heterocycles. The molecule has 23 heavy (non-hydrogen) atoms. The van der Waals surface area contributed by atoms with Gasteiger partial charge in [-0.05, 0) is 0 Å². The van der Waals surface area contributed by atoms with Crippen LogP contribution in [0.5, 0.6) is 5.75 Å². The molecule has 1 aromatic heterocycles. The number of amides is 1. The molecular weight excluding hydrogens is 298 g/mol. The smallest absolute Gasteiger partial charge is 0.223 e. The third-order valence-electron chi connectivity index (χ3n) is 2.67. The maximum Gasteiger partial charge on any atom is 0.223 e. The van der Waals surface area contributed by atoms with E-state index >= 15 is 0 Å². The van der Waals surface area contributed by atoms with Gasteiger partial charge in [0.15, 0.2) is 18.4 Å². The summed E-state index contributed by atoms with van der Waals surface area (Å²) in [4.78, 5) is 15.3. The molecule has 1 aromatic rings. The summed E-state index contributed by atoms with van der Waals surface area (Å²) >= 11 is 0. The Morgan fingerprint density at radius 2 is 2.00 bits per heavy atom. The fourth-order valence-electron chi connectivity index (χ4n) is 1.68. The zero-order chi connectivity index (χ0) is 17.5. The Morgan fingerprint density at radius 3 is 2.57 bits per heavy atom. The maximum absolute atomic E-state index is 11.5. The van der Waals surface area contributed by atoms with Crippen LogP contribution in [0.2, 0.25) is 0 Å². The summed E-state index contributed by atoms with van der Waals surface area (Å²) in [7, 11) is 1.00. The van der Waals surface area contributed by atoms with Crippen LogP contribution in [-0.2, 0) is 11.3 Å². The molecule has 0 fully saturated rings. The monoisotopic (exact) mass is 326 g/mol. The van der Waals surface area contributed by atoms with E-state index in [9.17, 15) is 4.79 Å². The summed E-state index contributed by atoms with van der Waals surface area (Å²) < 4.78 is 7.60. The van der Waals surface area contributed by atoms with Gasteiger partial charge in [-0.2, -0.15) is 0 Å². The molecule has 8 nitrogen and oxygen atoms in total. The van der Waals surface area contributed by atoms with Crippen molar-refractivity contribution in [3.63, 3.8) is 0 Å². The number of aliphatic hydroxyl groups is 1. The van der Waals surface area contributed by atoms with Crippen molar-refractivity contribution >= 4 is 11.9 Å². The number of nitrogens with one attached hydrogen (secondary N) is 1. The predicted octanol–water partition coefficient (Wildman–Crippen LogP) is -0.849. The molecule has 0 aliphatic heterocycles. The van der Waals surface area contributed by atoms with Crippen LogP contribution in [0.3, 0.4) is 0 Å². The van der Waals surface area contributed by atoms with E-state index in [4.69, 9.17) is 21.3 Å². The first-order chi connectivity index (χ1) is 11.1. The second kappa shape index (κ2) is 13.3. The lowest BCUT2D eigenvalue weighted by Gasteiger charge is -2.06. The van der Waals surface area contributed by atoms with Crippen molar-refractivity contribution in [2.24, 2.45) is 16.5 Å². The molecule has 0 aliphatic rings. The lowest BCUT2D eigenvalue weighted by Crippen LogP contribution is -2.32. The average molecular weight is 326 g/mol. The first-order valence-electron chi connectivity index (χ1n) is 7.50. The van der Waals surface area contributed by atoms with E-state index in [0.717, 1.165) is 25.8 Å². The fourth-order valence-corrected chi connectivity index (χ4v) is 1.68. The summed E-state index contributed by atoms with van der Waals surface area (Å²) in [5, 5.41) is 9.71. The van der Waals surface area contributed by atoms with Gasteiger partial charge in [-0.15, -0.1) is 0 Å². The zero-order valence-corrected chi connectivity index (χ0v) is 13.9. The molecule has 0 aliphatic carbocycles. The number of aromatic nitrogens is 1. The van der Waals surface area contributed by atoms with Gasteiger partial charge >= 0.3 is 0 Å². The topological polar surface area (TPSA) is 127 Å². The van der Waals surface area contributed by atoms with Gasteiger partial charge in [0, 0.05) is 32.2 Å². The van der Waals surface area contributed by atoms with Gasteiger partial charge in [0.05, 0.1) is 19.6 Å². The standard InChI is InChI=1S/C14H23N5O2.CH4O/c1-2-8-19-9-3-12(4-10-19)21-11-5-13(20)17-6-7-18-14(15)16;1-2/h3-4,9-10H,2,5-8,11H2,1H3,(H4-,15,16,17,18,20);2H,1H3/p+1. The minimum Gasteiger partial charge on any atom is -0.493 e. The van der Waals surface area contributed by atoms with Crippen molar-refractivity contribution in [2.75, 3.05) is 26.8 Å². The molecule has 0 atom stereocenters. The van der Waals surface area contributed by atoms with Crippen LogP contribution in [0.4, 0.5) is 0 Å². The lowest BCUT2D eigenvalue weighted by molar-refractivity contribution is -0.697. The Kier molecular flexibility index (Phi) is 12.0. The lowest BCUT2D eigenvalue weighted by atomic mass is 10.4. The Labute approximate surface area is 137 Å². The molecule has 8 heteroatoms. The number of aryl methyl sites for hydroxylation is 1. The second-order valence-corrected chi connectivity index (χ2v) is 4.53. The van der Waals surface area contributed by atoms with Crippen LogP contribution >= 0.6 is 0 Å². The Hall–Kier alpha value is -2.35. The van der Waals surface area contributed by atoms with Crippen LogP contribution in [-0.4, -0.2) is 43.8 Å². The Balaban J connectivity index is 0.00000232. The van der Waals surface area contributed by atoms with Crippen LogP contribution in [0.15, 0.2) is 29.5 Å². The van der Waals surface area contributed by atoms with E-state index in [2.05, 4.69) is 21.8 Å². The molecule has 130 valence electrons. The van der Waals surface area contributed by atoms with Crippen LogP contribution in [0, 0.1) is 0 Å². The van der Waals surface area contributed by atoms with E-state index in [1.165, 1.54) is 0 Å². The molecule has 0 saturated carbocycles. The molecular formula is C15H28N5O3+. The molecule has 0 saturated heterocycles. The number of aliphatic hydroxyl groups excluding tert-OH is 1. The highest BCUT2D eigenvalue weighted by Crippen LogP contribution is 2.06. The Bertz CT molecular complexity index is 459. The minimum atomic E-state index is -0.0854. The largest absolute Gasteiger partial charge is 0.493 e. The number of pyridine rings is 1. The minimum absolute atomic E-state index is 0.0250. The van der Waals surface area contributed by atoms with Gasteiger partial charge in [0.2, 0.25) is 5.91 Å². The van der Waals surface area contributed by atoms with Crippen LogP contribution < -0.4 is 26.1 Å². The van der Waals surface area contributed by atoms with Gasteiger partial charge in [-0.1, -0.05) is 6.92 Å². The summed E-state index contributed by atoms with van der Waals surface area (Å²) in [6.07, 6.45) is 5.32. The fraction of sp³-hybridized carbons (Fsp3) is 0.533. The highest BCUT2D eigenvalue weighted by atomic mass is 16.5. The Morgan fingerprint density at radius 1 is 1.35 bits per heavy atom. The highest BCUT2D eigenvalue weighted by molar-refractivity contribution is 5.76. The number of guanidine groups is 1. The van der Waals surface area contributed by atoms with Gasteiger partial charge in [-0.3, -0.25) is 9.79 Å². The normalized spacial score (nSPS) is 9.35. The maximum atomic E-state index is 11.5. The SMILES string of the molecule is CCC[n+]1ccc(OCCC(=O)NCCN=C(N)N)cc1.CO. The predicted molar refractivity (Wildman–Crippen MR) is 88.9 cm³/mol. The molecule has 1 rings (SSSR count). The summed E-state index contributed by atoms with van der Waals surface area (Å²) in [5.74, 6) is 0.699. The number of nitrogens with zero attached hydrogens (tertiary/aromatic N) is 2. The average Bonchev–Trinajstić information content (AvgIpc) is 2.55. The second-order valence-electron chi connectivity index (χ2n) is 4.53. The molecule has 0 radical (unpaired) electrons. The van der Waals surface area contributed by atoms with Crippen LogP contribution in [0.25, 0.3) is 0 Å². The molecule has 0 unspecified atom stereocenters. The van der Waals surface area contributed by atoms with E-state index in [-0.39, 0.29) is 11.9 Å². The summed E-state index contributed by atoms with van der Waals surface area (Å²) in [5.41, 5.74) is 10.4. The number of aliphatic imine (C=N–C) groups is 1. The van der Waals surface area contributed by atoms with Gasteiger partial charge in [0.1, 0.15) is 12.3 Å². The van der Waals surface area contributed by atoms with Gasteiger partial charge in [-0.25, -0.2) is 4.57 Å². The number of rotatable bonds is 9. The molecule has 0 spiro atoms. The number of hydrogen-bond acceptors (Lipinski definition) is 4. The van der Waals surface area contributed by atoms with Crippen molar-refractivity contribution in [1.29, 1.82) is 0 Å². The van der Waals surface area contributed by atoms with Gasteiger partial charge in [0.25, 0.3) is 0 Å². The first kappa shape index (κ1) is 20.6. The highest BCUT2D eigenvalue weighted by Gasteiger charge is 2.03. The summed E-state index contributed by atoms with van der Waals surface area (Å²) in [6.45, 7) is 4.25. The van der Waals surface area contributed by atoms with Crippen LogP contribution in [0.1, 0.15) is 19.8 Å². The number of nitrogens with two attached hydrogens (primary N) is 2. The van der Waals surface area contributed by atoms with Gasteiger partial charge < -0.3 is 26.6 Å². The van der Waals surface area contributed by atoms with Crippen molar-refractivity contribution in [1.82, 2.24) is 5.32 Å². The number of ether oxygens (including phenoxy) is 1. The molecule has 6 N–H and O–H groups in total. The number of carbonyl (C=O) groups excluding carboxylic acids is 1. The van der Waals surface area contributed by atoms with E-state index < -0.39 is 0 Å². The van der Waals surface area contributed by atoms with Crippen molar-refractivity contribution < 1.29 is 19.2 Å². The van der Waals surface area contributed by atoms with Crippen molar-refractivity contribution in [2.45, 2.75) is 26.3 Å².